The number of hydrogen-bond donors (Lipinski definition) is 0. The molecule has 0 atom stereocenters. The molecule has 0 bridgehead atoms. The zero-order valence-electron chi connectivity index (χ0n) is 5.83. The van der Waals surface area contributed by atoms with Gasteiger partial charge in [0.1, 0.15) is 0 Å². The molecule has 0 unspecified atom stereocenters. The van der Waals surface area contributed by atoms with E-state index in [9.17, 15) is 9.59 Å². The molecule has 0 aromatic heterocycles. The van der Waals surface area contributed by atoms with E-state index >= 15 is 0 Å². The second kappa shape index (κ2) is 7.26. The quantitative estimate of drug-likeness (QED) is 0.563. The minimum Gasteiger partial charge on any atom is -0.391 e. The van der Waals surface area contributed by atoms with Crippen molar-refractivity contribution < 1.29 is 43.7 Å². The predicted molar refractivity (Wildman–Crippen MR) is 36.0 cm³/mol. The fourth-order valence-corrected chi connectivity index (χ4v) is 0.661. The molecule has 4 heteroatoms. The van der Waals surface area contributed by atoms with E-state index in [2.05, 4.69) is 0 Å². The molecule has 0 amide bonds. The summed E-state index contributed by atoms with van der Waals surface area (Å²) in [5, 5.41) is 0. The summed E-state index contributed by atoms with van der Waals surface area (Å²) in [6.45, 7) is 0. The van der Waals surface area contributed by atoms with Gasteiger partial charge in [0.2, 0.25) is 0 Å². The van der Waals surface area contributed by atoms with Crippen LogP contribution in [-0.2, 0) is 43.7 Å². The monoisotopic (exact) mass is 244 g/mol. The summed E-state index contributed by atoms with van der Waals surface area (Å²) in [6.07, 6.45) is 3.27. The van der Waals surface area contributed by atoms with Gasteiger partial charge < -0.3 is 9.59 Å². The molecule has 0 aliphatic carbocycles. The molecule has 12 heavy (non-hydrogen) atoms. The van der Waals surface area contributed by atoms with E-state index in [-0.39, 0.29) is 45.3 Å². The first-order valence-electron chi connectivity index (χ1n) is 2.74. The third-order valence-corrected chi connectivity index (χ3v) is 1.15. The molecular weight excluding hydrogens is 240 g/mol. The smallest absolute Gasteiger partial charge is 0 e. The van der Waals surface area contributed by atoms with Gasteiger partial charge in [-0.2, -0.15) is 0 Å². The summed E-state index contributed by atoms with van der Waals surface area (Å²) >= 11 is 0. The maximum absolute atomic E-state index is 10.1. The van der Waals surface area contributed by atoms with Crippen molar-refractivity contribution in [1.29, 1.82) is 0 Å². The second-order valence-corrected chi connectivity index (χ2v) is 1.75. The van der Waals surface area contributed by atoms with Crippen LogP contribution in [0.1, 0.15) is 11.1 Å². The van der Waals surface area contributed by atoms with E-state index in [4.69, 9.17) is 0 Å². The Morgan fingerprint density at radius 2 is 1.17 bits per heavy atom. The molecule has 1 rings (SSSR count). The Morgan fingerprint density at radius 3 is 1.42 bits per heavy atom. The summed E-state index contributed by atoms with van der Waals surface area (Å²) in [6, 6.07) is 6.38. The molecule has 1 aromatic carbocycles. The van der Waals surface area contributed by atoms with Crippen LogP contribution in [0.5, 0.6) is 0 Å². The van der Waals surface area contributed by atoms with Crippen molar-refractivity contribution >= 4 is 12.6 Å². The first kappa shape index (κ1) is 14.1. The van der Waals surface area contributed by atoms with Crippen molar-refractivity contribution in [3.63, 3.8) is 0 Å². The molecule has 0 aliphatic rings. The molecule has 0 fully saturated rings. The van der Waals surface area contributed by atoms with Gasteiger partial charge >= 0.3 is 0 Å². The van der Waals surface area contributed by atoms with Crippen molar-refractivity contribution in [2.24, 2.45) is 0 Å². The van der Waals surface area contributed by atoms with Crippen LogP contribution in [0.4, 0.5) is 0 Å². The van der Waals surface area contributed by atoms with Crippen LogP contribution in [0.3, 0.4) is 0 Å². The van der Waals surface area contributed by atoms with Gasteiger partial charge in [-0.3, -0.25) is 11.1 Å². The second-order valence-electron chi connectivity index (χ2n) is 1.75. The van der Waals surface area contributed by atoms with Crippen molar-refractivity contribution in [2.75, 3.05) is 0 Å². The van der Waals surface area contributed by atoms with Crippen LogP contribution < -0.4 is 0 Å². The Morgan fingerprint density at radius 1 is 0.833 bits per heavy atom. The van der Waals surface area contributed by atoms with Gasteiger partial charge in [0.15, 0.2) is 0 Å². The van der Waals surface area contributed by atoms with E-state index in [1.54, 1.807) is 24.7 Å². The normalized spacial score (nSPS) is 7.33. The number of hydrogen-bond acceptors (Lipinski definition) is 2. The number of rotatable bonds is 2. The van der Waals surface area contributed by atoms with Crippen LogP contribution in [-0.4, -0.2) is 12.6 Å². The van der Waals surface area contributed by atoms with E-state index in [0.29, 0.717) is 0 Å². The van der Waals surface area contributed by atoms with E-state index < -0.39 is 0 Å². The Balaban J connectivity index is 0. The standard InChI is InChI=1S/C8H4O2.2Fe/c9-5-7-3-1-2-4-8(7)6-10;;/h1-4H;;/q-2;;. The Kier molecular flexibility index (Phi) is 8.55. The molecule has 1 aromatic rings. The first-order chi connectivity index (χ1) is 4.88. The third-order valence-electron chi connectivity index (χ3n) is 1.15. The average molecular weight is 244 g/mol. The van der Waals surface area contributed by atoms with Gasteiger partial charge in [-0.05, 0) is 12.6 Å². The first-order valence-corrected chi connectivity index (χ1v) is 2.74. The van der Waals surface area contributed by atoms with Crippen LogP contribution in [0.15, 0.2) is 24.3 Å². The minimum atomic E-state index is 0. The molecule has 0 radical (unpaired) electrons. The third kappa shape index (κ3) is 3.33. The maximum atomic E-state index is 10.1. The van der Waals surface area contributed by atoms with Crippen LogP contribution in [0.2, 0.25) is 0 Å². The van der Waals surface area contributed by atoms with Gasteiger partial charge in [0.05, 0.1) is 0 Å². The zero-order valence-corrected chi connectivity index (χ0v) is 8.04. The predicted octanol–water partition coefficient (Wildman–Crippen LogP) is 0.597. The fourth-order valence-electron chi connectivity index (χ4n) is 0.661. The molecule has 0 aliphatic heterocycles. The Bertz CT molecular complexity index is 234. The van der Waals surface area contributed by atoms with E-state index in [1.807, 2.05) is 0 Å². The van der Waals surface area contributed by atoms with Crippen molar-refractivity contribution in [1.82, 2.24) is 0 Å². The van der Waals surface area contributed by atoms with E-state index in [0.717, 1.165) is 0 Å². The van der Waals surface area contributed by atoms with Crippen LogP contribution in [0.25, 0.3) is 0 Å². The molecule has 0 saturated carbocycles. The molecule has 0 N–H and O–H groups in total. The average Bonchev–Trinajstić information content (AvgIpc) is 2.04. The van der Waals surface area contributed by atoms with Gasteiger partial charge in [-0.15, -0.1) is 12.1 Å². The topological polar surface area (TPSA) is 34.1 Å². The van der Waals surface area contributed by atoms with Gasteiger partial charge in [-0.25, -0.2) is 12.1 Å². The van der Waals surface area contributed by atoms with Gasteiger partial charge in [0.25, 0.3) is 0 Å². The molecule has 66 valence electrons. The minimum absolute atomic E-state index is 0. The molecule has 0 spiro atoms. The largest absolute Gasteiger partial charge is 0.391 e. The Labute approximate surface area is 91.7 Å². The molecule has 0 heterocycles. The molecule has 0 saturated heterocycles. The van der Waals surface area contributed by atoms with Gasteiger partial charge in [-0.1, -0.05) is 0 Å². The maximum Gasteiger partial charge on any atom is 0 e. The zero-order chi connectivity index (χ0) is 7.40. The Hall–Kier alpha value is -0.401. The summed E-state index contributed by atoms with van der Waals surface area (Å²) in [7, 11) is 0. The number of benzene rings is 1. The number of carbonyl (C=O) groups excluding carboxylic acids is 2. The fraction of sp³-hybridized carbons (Fsp3) is 0. The summed E-state index contributed by atoms with van der Waals surface area (Å²) < 4.78 is 0. The van der Waals surface area contributed by atoms with Gasteiger partial charge in [0, 0.05) is 34.1 Å². The SMILES string of the molecule is O=[C-]c1ccccc1[C-]=O.[Fe].[Fe]. The summed E-state index contributed by atoms with van der Waals surface area (Å²) in [5.74, 6) is 0. The van der Waals surface area contributed by atoms with E-state index in [1.165, 1.54) is 12.1 Å². The summed E-state index contributed by atoms with van der Waals surface area (Å²) in [5.41, 5.74) is 0.523. The van der Waals surface area contributed by atoms with Crippen molar-refractivity contribution in [3.05, 3.63) is 35.4 Å². The molecule has 2 nitrogen and oxygen atoms in total. The van der Waals surface area contributed by atoms with Crippen molar-refractivity contribution in [2.45, 2.75) is 0 Å². The summed E-state index contributed by atoms with van der Waals surface area (Å²) in [4.78, 5) is 20.2. The van der Waals surface area contributed by atoms with Crippen LogP contribution >= 0.6 is 0 Å². The van der Waals surface area contributed by atoms with Crippen LogP contribution in [0, 0.1) is 0 Å². The molecular formula is C8H4Fe2O2-2. The van der Waals surface area contributed by atoms with Crippen molar-refractivity contribution in [3.8, 4) is 0 Å².